The topological polar surface area (TPSA) is 0 Å². The Labute approximate surface area is 65.5 Å². The molecule has 29 valence electrons. The summed E-state index contributed by atoms with van der Waals surface area (Å²) in [6, 6.07) is 0. The molecule has 0 aliphatic carbocycles. The van der Waals surface area contributed by atoms with Crippen molar-refractivity contribution in [3.63, 3.8) is 0 Å². The molecule has 0 aliphatic heterocycles. The molecule has 0 fully saturated rings. The van der Waals surface area contributed by atoms with Crippen molar-refractivity contribution < 1.29 is 0 Å². The average Bonchev–Trinajstić information content (AvgIpc) is 1.64. The van der Waals surface area contributed by atoms with Gasteiger partial charge in [-0.3, -0.25) is 0 Å². The van der Waals surface area contributed by atoms with Crippen LogP contribution in [-0.4, -0.2) is 64.9 Å². The highest BCUT2D eigenvalue weighted by atomic mass is 13.0. The van der Waals surface area contributed by atoms with Gasteiger partial charge in [0.2, 0.25) is 0 Å². The van der Waals surface area contributed by atoms with Crippen LogP contribution in [0.15, 0.2) is 0 Å². The summed E-state index contributed by atoms with van der Waals surface area (Å²) >= 11 is 0. The standard InChI is InChI=1S/B9H2/c1-6-9(7(2)3)8(4)5/h1-2H. The van der Waals surface area contributed by atoms with Crippen LogP contribution in [0.25, 0.3) is 0 Å². The highest BCUT2D eigenvalue weighted by molar-refractivity contribution is 7.93. The van der Waals surface area contributed by atoms with Crippen LogP contribution < -0.4 is 0 Å². The zero-order chi connectivity index (χ0) is 7.44. The van der Waals surface area contributed by atoms with E-state index in [1.165, 1.54) is 0 Å². The molecule has 0 amide bonds. The maximum absolute atomic E-state index is 5.41. The third-order valence-corrected chi connectivity index (χ3v) is 1.21. The van der Waals surface area contributed by atoms with Crippen molar-refractivity contribution in [1.29, 1.82) is 0 Å². The highest BCUT2D eigenvalue weighted by Crippen LogP contribution is 1.80. The van der Waals surface area contributed by atoms with Gasteiger partial charge in [-0.25, -0.2) is 0 Å². The van der Waals surface area contributed by atoms with Crippen LogP contribution in [0.1, 0.15) is 0 Å². The molecule has 0 spiro atoms. The van der Waals surface area contributed by atoms with Crippen LogP contribution in [0.3, 0.4) is 0 Å². The van der Waals surface area contributed by atoms with Gasteiger partial charge in [0, 0.05) is 64.9 Å². The van der Waals surface area contributed by atoms with E-state index in [0.717, 1.165) is 0 Å². The van der Waals surface area contributed by atoms with Gasteiger partial charge in [-0.15, -0.1) is 0 Å². The summed E-state index contributed by atoms with van der Waals surface area (Å²) in [5.41, 5.74) is 0. The molecule has 0 aromatic heterocycles. The van der Waals surface area contributed by atoms with Crippen molar-refractivity contribution in [2.24, 2.45) is 0 Å². The zero-order valence-corrected chi connectivity index (χ0v) is 5.46. The first-order valence-electron chi connectivity index (χ1n) is 2.82. The van der Waals surface area contributed by atoms with Crippen LogP contribution >= 0.6 is 0 Å². The van der Waals surface area contributed by atoms with Crippen molar-refractivity contribution in [3.8, 4) is 0 Å². The van der Waals surface area contributed by atoms with Crippen LogP contribution in [0.5, 0.6) is 0 Å². The van der Waals surface area contributed by atoms with Crippen molar-refractivity contribution in [2.45, 2.75) is 0 Å². The molecule has 0 rings (SSSR count). The molecule has 0 aliphatic rings. The molecule has 0 heterocycles. The van der Waals surface area contributed by atoms with Gasteiger partial charge >= 0.3 is 0 Å². The molecule has 0 atom stereocenters. The number of hydrogen-bond acceptors (Lipinski definition) is 0. The molecule has 9 radical (unpaired) electrons. The Kier molecular flexibility index (Phi) is 4.69. The second kappa shape index (κ2) is 4.41. The normalized spacial score (nSPS) is 8.00. The average molecular weight is 99.3 g/mol. The Bertz CT molecular complexity index is 54.4. The number of rotatable bonds is 3. The van der Waals surface area contributed by atoms with Gasteiger partial charge in [0.1, 0.15) is 0 Å². The molecule has 0 nitrogen and oxygen atoms in total. The Hall–Kier alpha value is 0.584. The van der Waals surface area contributed by atoms with Gasteiger partial charge < -0.3 is 0 Å². The molecule has 9 heteroatoms. The van der Waals surface area contributed by atoms with Gasteiger partial charge in [-0.05, 0) is 0 Å². The lowest BCUT2D eigenvalue weighted by Crippen LogP contribution is -2.55. The van der Waals surface area contributed by atoms with Gasteiger partial charge in [-0.2, -0.15) is 0 Å². The van der Waals surface area contributed by atoms with E-state index < -0.39 is 6.39 Å². The maximum Gasteiger partial charge on any atom is 0.0322 e. The first-order chi connectivity index (χ1) is 4.09. The van der Waals surface area contributed by atoms with E-state index >= 15 is 0 Å². The molecule has 0 saturated heterocycles. The van der Waals surface area contributed by atoms with Crippen molar-refractivity contribution >= 4 is 64.9 Å². The van der Waals surface area contributed by atoms with E-state index in [9.17, 15) is 0 Å². The van der Waals surface area contributed by atoms with E-state index in [0.29, 0.717) is 0 Å². The summed E-state index contributed by atoms with van der Waals surface area (Å²) in [7, 11) is 24.8. The van der Waals surface area contributed by atoms with Gasteiger partial charge in [0.15, 0.2) is 0 Å². The Morgan fingerprint density at radius 3 is 1.67 bits per heavy atom. The van der Waals surface area contributed by atoms with E-state index in [-0.39, 0.29) is 12.8 Å². The summed E-state index contributed by atoms with van der Waals surface area (Å²) in [5.74, 6) is 0. The van der Waals surface area contributed by atoms with Crippen LogP contribution in [0.2, 0.25) is 0 Å². The maximum atomic E-state index is 5.41. The fourth-order valence-corrected chi connectivity index (χ4v) is 0.617. The Balaban J connectivity index is 3.68. The molecule has 0 unspecified atom stereocenters. The van der Waals surface area contributed by atoms with Gasteiger partial charge in [-0.1, -0.05) is 0 Å². The molecule has 0 saturated carbocycles. The quantitative estimate of drug-likeness (QED) is 0.317. The molecular formula is H2B9. The molecular weight excluding hydrogens is 97.3 g/mol. The Morgan fingerprint density at radius 1 is 1.22 bits per heavy atom. The monoisotopic (exact) mass is 101 g/mol. The first kappa shape index (κ1) is 9.58. The van der Waals surface area contributed by atoms with Gasteiger partial charge in [0.25, 0.3) is 0 Å². The lowest BCUT2D eigenvalue weighted by Gasteiger charge is -2.17. The van der Waals surface area contributed by atoms with E-state index in [2.05, 4.69) is 15.5 Å². The summed E-state index contributed by atoms with van der Waals surface area (Å²) in [5, 5.41) is 0. The lowest BCUT2D eigenvalue weighted by molar-refractivity contribution is 3.58. The lowest BCUT2D eigenvalue weighted by atomic mass is 8.64. The summed E-state index contributed by atoms with van der Waals surface area (Å²) in [6.45, 7) is 0. The van der Waals surface area contributed by atoms with E-state index in [1.54, 1.807) is 7.06 Å². The minimum absolute atomic E-state index is 0.0926. The fourth-order valence-electron chi connectivity index (χ4n) is 0.617. The predicted octanol–water partition coefficient (Wildman–Crippen LogP) is -3.96. The second-order valence-corrected chi connectivity index (χ2v) is 2.05. The molecule has 0 bridgehead atoms. The van der Waals surface area contributed by atoms with E-state index in [4.69, 9.17) is 23.2 Å². The Morgan fingerprint density at radius 2 is 1.67 bits per heavy atom. The predicted molar refractivity (Wildman–Crippen MR) is 54.6 cm³/mol. The smallest absolute Gasteiger partial charge is 0.000000460 e. The summed E-state index contributed by atoms with van der Waals surface area (Å²) < 4.78 is 0. The number of hydrogen-bond donors (Lipinski definition) is 0. The van der Waals surface area contributed by atoms with Gasteiger partial charge in [0.05, 0.1) is 0 Å². The van der Waals surface area contributed by atoms with E-state index in [1.807, 2.05) is 0 Å². The minimum Gasteiger partial charge on any atom is 0.000000460 e. The van der Waals surface area contributed by atoms with Crippen LogP contribution in [0, 0.1) is 0 Å². The molecule has 0 aromatic rings. The third-order valence-electron chi connectivity index (χ3n) is 1.21. The minimum atomic E-state index is -0.449. The SMILES string of the molecule is [B]B([B])B([B][BH])B([B])[BH]. The highest BCUT2D eigenvalue weighted by Gasteiger charge is 2.18. The fraction of sp³-hybridized carbons (Fsp3) is 0. The largest absolute Gasteiger partial charge is 0.0322 e. The molecule has 0 aromatic carbocycles. The van der Waals surface area contributed by atoms with Crippen molar-refractivity contribution in [1.82, 2.24) is 0 Å². The molecule has 0 N–H and O–H groups in total. The zero-order valence-electron chi connectivity index (χ0n) is 5.46. The third kappa shape index (κ3) is 3.32. The molecule has 9 heavy (non-hydrogen) atoms. The summed E-state index contributed by atoms with van der Waals surface area (Å²) in [4.78, 5) is 0. The van der Waals surface area contributed by atoms with Crippen molar-refractivity contribution in [3.05, 3.63) is 0 Å². The first-order valence-corrected chi connectivity index (χ1v) is 2.82. The van der Waals surface area contributed by atoms with Crippen LogP contribution in [-0.2, 0) is 0 Å². The second-order valence-electron chi connectivity index (χ2n) is 2.05. The van der Waals surface area contributed by atoms with Crippen LogP contribution in [0.4, 0.5) is 0 Å². The summed E-state index contributed by atoms with van der Waals surface area (Å²) in [6.07, 6.45) is -0.803. The van der Waals surface area contributed by atoms with Crippen molar-refractivity contribution in [2.75, 3.05) is 0 Å².